The number of hydrogen-bond acceptors (Lipinski definition) is 4. The molecule has 0 spiro atoms. The largest absolute Gasteiger partial charge is 0.495 e. The molecule has 0 unspecified atom stereocenters. The molecule has 8 heteroatoms. The number of sulfonamides is 1. The first-order valence-corrected chi connectivity index (χ1v) is 10.0. The molecular formula is C16H23ClN2O4S. The van der Waals surface area contributed by atoms with Gasteiger partial charge in [-0.05, 0) is 37.0 Å². The number of hydrogen-bond donors (Lipinski definition) is 0. The number of methoxy groups -OCH3 is 1. The van der Waals surface area contributed by atoms with Gasteiger partial charge in [0.15, 0.2) is 0 Å². The fourth-order valence-electron chi connectivity index (χ4n) is 2.88. The second-order valence-corrected chi connectivity index (χ2v) is 8.52. The van der Waals surface area contributed by atoms with Crippen LogP contribution in [0.4, 0.5) is 5.69 Å². The van der Waals surface area contributed by atoms with E-state index < -0.39 is 10.0 Å². The van der Waals surface area contributed by atoms with Crippen molar-refractivity contribution in [1.82, 2.24) is 4.90 Å². The summed E-state index contributed by atoms with van der Waals surface area (Å²) in [5.74, 6) is 0.564. The number of halogens is 1. The van der Waals surface area contributed by atoms with E-state index in [1.54, 1.807) is 17.0 Å². The van der Waals surface area contributed by atoms with Crippen molar-refractivity contribution in [3.8, 4) is 5.75 Å². The van der Waals surface area contributed by atoms with E-state index in [0.29, 0.717) is 29.8 Å². The molecule has 0 aromatic heterocycles. The average Bonchev–Trinajstić information content (AvgIpc) is 2.51. The Balaban J connectivity index is 2.30. The van der Waals surface area contributed by atoms with Crippen LogP contribution in [0.1, 0.15) is 19.8 Å². The third-order valence-electron chi connectivity index (χ3n) is 4.10. The first-order valence-electron chi connectivity index (χ1n) is 7.81. The van der Waals surface area contributed by atoms with Gasteiger partial charge < -0.3 is 9.64 Å². The summed E-state index contributed by atoms with van der Waals surface area (Å²) in [5, 5.41) is 0.374. The monoisotopic (exact) mass is 374 g/mol. The maximum atomic E-state index is 12.6. The summed E-state index contributed by atoms with van der Waals surface area (Å²) >= 11 is 6.00. The van der Waals surface area contributed by atoms with E-state index in [1.807, 2.05) is 0 Å². The highest BCUT2D eigenvalue weighted by Crippen LogP contribution is 2.32. The smallest absolute Gasteiger partial charge is 0.243 e. The average molecular weight is 375 g/mol. The molecule has 1 amide bonds. The first kappa shape index (κ1) is 18.9. The Morgan fingerprint density at radius 1 is 1.46 bits per heavy atom. The maximum absolute atomic E-state index is 12.6. The van der Waals surface area contributed by atoms with E-state index in [-0.39, 0.29) is 18.1 Å². The molecule has 1 fully saturated rings. The van der Waals surface area contributed by atoms with Gasteiger partial charge in [0, 0.05) is 18.1 Å². The number of ether oxygens (including phenoxy) is 1. The number of carbonyl (C=O) groups excluding carboxylic acids is 1. The van der Waals surface area contributed by atoms with Gasteiger partial charge in [0.2, 0.25) is 15.9 Å². The lowest BCUT2D eigenvalue weighted by molar-refractivity contribution is -0.131. The number of rotatable bonds is 5. The van der Waals surface area contributed by atoms with Crippen LogP contribution < -0.4 is 9.04 Å². The van der Waals surface area contributed by atoms with Crippen molar-refractivity contribution in [2.45, 2.75) is 19.8 Å². The van der Waals surface area contributed by atoms with Gasteiger partial charge in [-0.15, -0.1) is 0 Å². The molecule has 0 aliphatic carbocycles. The van der Waals surface area contributed by atoms with Crippen LogP contribution in [0, 0.1) is 5.92 Å². The Morgan fingerprint density at radius 2 is 2.17 bits per heavy atom. The summed E-state index contributed by atoms with van der Waals surface area (Å²) in [6, 6.07) is 4.69. The maximum Gasteiger partial charge on any atom is 0.243 e. The molecule has 1 heterocycles. The molecule has 0 saturated carbocycles. The minimum absolute atomic E-state index is 0.214. The fraction of sp³-hybridized carbons (Fsp3) is 0.562. The number of nitrogens with zero attached hydrogens (tertiary/aromatic N) is 2. The van der Waals surface area contributed by atoms with E-state index in [9.17, 15) is 13.2 Å². The Morgan fingerprint density at radius 3 is 2.75 bits per heavy atom. The molecule has 1 aliphatic rings. The highest BCUT2D eigenvalue weighted by molar-refractivity contribution is 7.92. The van der Waals surface area contributed by atoms with Crippen LogP contribution in [0.25, 0.3) is 0 Å². The van der Waals surface area contributed by atoms with Gasteiger partial charge in [-0.25, -0.2) is 8.42 Å². The molecule has 1 aromatic rings. The Kier molecular flexibility index (Phi) is 5.98. The number of likely N-dealkylation sites (tertiary alicyclic amines) is 1. The quantitative estimate of drug-likeness (QED) is 0.793. The highest BCUT2D eigenvalue weighted by Gasteiger charge is 2.28. The molecule has 1 saturated heterocycles. The Bertz CT molecular complexity index is 708. The molecule has 0 bridgehead atoms. The van der Waals surface area contributed by atoms with Crippen LogP contribution >= 0.6 is 11.6 Å². The van der Waals surface area contributed by atoms with E-state index >= 15 is 0 Å². The van der Waals surface area contributed by atoms with Crippen LogP contribution in [-0.4, -0.2) is 52.2 Å². The molecule has 24 heavy (non-hydrogen) atoms. The second-order valence-electron chi connectivity index (χ2n) is 6.17. The summed E-state index contributed by atoms with van der Waals surface area (Å²) in [5.41, 5.74) is 0.269. The lowest BCUT2D eigenvalue weighted by Gasteiger charge is -2.33. The minimum Gasteiger partial charge on any atom is -0.495 e. The summed E-state index contributed by atoms with van der Waals surface area (Å²) in [6.07, 6.45) is 3.09. The number of benzene rings is 1. The first-order chi connectivity index (χ1) is 11.2. The lowest BCUT2D eigenvalue weighted by Crippen LogP contribution is -2.46. The molecule has 134 valence electrons. The summed E-state index contributed by atoms with van der Waals surface area (Å²) in [4.78, 5) is 14.3. The zero-order valence-corrected chi connectivity index (χ0v) is 15.7. The van der Waals surface area contributed by atoms with Crippen LogP contribution in [0.2, 0.25) is 5.02 Å². The molecule has 6 nitrogen and oxygen atoms in total. The van der Waals surface area contributed by atoms with Crippen molar-refractivity contribution in [2.24, 2.45) is 5.92 Å². The van der Waals surface area contributed by atoms with Gasteiger partial charge in [-0.1, -0.05) is 18.5 Å². The van der Waals surface area contributed by atoms with Gasteiger partial charge in [0.1, 0.15) is 12.3 Å². The van der Waals surface area contributed by atoms with Crippen LogP contribution in [0.5, 0.6) is 5.75 Å². The molecule has 1 aromatic carbocycles. The predicted molar refractivity (Wildman–Crippen MR) is 95.2 cm³/mol. The molecule has 0 N–H and O–H groups in total. The van der Waals surface area contributed by atoms with Gasteiger partial charge in [0.05, 0.1) is 19.1 Å². The normalized spacial score (nSPS) is 18.3. The third kappa shape index (κ3) is 4.54. The van der Waals surface area contributed by atoms with Gasteiger partial charge in [-0.3, -0.25) is 9.10 Å². The molecule has 1 atom stereocenters. The van der Waals surface area contributed by atoms with Crippen molar-refractivity contribution in [2.75, 3.05) is 37.3 Å². The Hall–Kier alpha value is -1.47. The number of carbonyl (C=O) groups is 1. The minimum atomic E-state index is -3.67. The number of piperidine rings is 1. The van der Waals surface area contributed by atoms with Crippen molar-refractivity contribution >= 4 is 33.2 Å². The predicted octanol–water partition coefficient (Wildman–Crippen LogP) is 2.37. The zero-order valence-electron chi connectivity index (χ0n) is 14.2. The highest BCUT2D eigenvalue weighted by atomic mass is 35.5. The topological polar surface area (TPSA) is 66.9 Å². The van der Waals surface area contributed by atoms with E-state index in [2.05, 4.69) is 6.92 Å². The van der Waals surface area contributed by atoms with Crippen LogP contribution in [0.15, 0.2) is 18.2 Å². The fourth-order valence-corrected chi connectivity index (χ4v) is 3.89. The SMILES string of the molecule is COc1ccc(Cl)cc1N(CC(=O)N1CCC[C@@H](C)C1)S(C)(=O)=O. The van der Waals surface area contributed by atoms with E-state index in [4.69, 9.17) is 16.3 Å². The number of anilines is 1. The van der Waals surface area contributed by atoms with Gasteiger partial charge in [0.25, 0.3) is 0 Å². The van der Waals surface area contributed by atoms with Gasteiger partial charge in [-0.2, -0.15) is 0 Å². The summed E-state index contributed by atoms with van der Waals surface area (Å²) in [6.45, 7) is 3.15. The number of amides is 1. The zero-order chi connectivity index (χ0) is 17.9. The molecule has 1 aliphatic heterocycles. The van der Waals surface area contributed by atoms with Crippen molar-refractivity contribution in [1.29, 1.82) is 0 Å². The van der Waals surface area contributed by atoms with Crippen molar-refractivity contribution < 1.29 is 17.9 Å². The van der Waals surface area contributed by atoms with Crippen LogP contribution in [-0.2, 0) is 14.8 Å². The third-order valence-corrected chi connectivity index (χ3v) is 5.46. The molecule has 2 rings (SSSR count). The molecular weight excluding hydrogens is 352 g/mol. The van der Waals surface area contributed by atoms with E-state index in [1.165, 1.54) is 13.2 Å². The van der Waals surface area contributed by atoms with Crippen LogP contribution in [0.3, 0.4) is 0 Å². The summed E-state index contributed by atoms with van der Waals surface area (Å²) < 4.78 is 30.8. The standard InChI is InChI=1S/C16H23ClN2O4S/c1-12-5-4-8-18(10-12)16(20)11-19(24(3,21)22)14-9-13(17)6-7-15(14)23-2/h6-7,9,12H,4-5,8,10-11H2,1-3H3/t12-/m1/s1. The van der Waals surface area contributed by atoms with Crippen molar-refractivity contribution in [3.63, 3.8) is 0 Å². The second kappa shape index (κ2) is 7.61. The van der Waals surface area contributed by atoms with Crippen molar-refractivity contribution in [3.05, 3.63) is 23.2 Å². The van der Waals surface area contributed by atoms with E-state index in [0.717, 1.165) is 23.4 Å². The summed E-state index contributed by atoms with van der Waals surface area (Å²) in [7, 11) is -2.22. The molecule has 0 radical (unpaired) electrons. The van der Waals surface area contributed by atoms with Gasteiger partial charge >= 0.3 is 0 Å². The lowest BCUT2D eigenvalue weighted by atomic mass is 10.0. The Labute approximate surface area is 148 Å².